The Balaban J connectivity index is 1.65. The predicted octanol–water partition coefficient (Wildman–Crippen LogP) is 3.97. The predicted molar refractivity (Wildman–Crippen MR) is 94.2 cm³/mol. The van der Waals surface area contributed by atoms with Crippen LogP contribution in [0.5, 0.6) is 0 Å². The fraction of sp³-hybridized carbons (Fsp3) is 0.211. The van der Waals surface area contributed by atoms with Crippen LogP contribution in [0.2, 0.25) is 0 Å². The summed E-state index contributed by atoms with van der Waals surface area (Å²) in [4.78, 5) is 14.1. The SMILES string of the molecule is Cc1ccc(C)c(C(=O)NCc2ccc(C(O)c3ccco3)s2)c1. The lowest BCUT2D eigenvalue weighted by atomic mass is 10.1. The largest absolute Gasteiger partial charge is 0.466 e. The van der Waals surface area contributed by atoms with Crippen LogP contribution in [0.4, 0.5) is 0 Å². The number of thiophene rings is 1. The molecule has 24 heavy (non-hydrogen) atoms. The molecule has 0 aliphatic heterocycles. The highest BCUT2D eigenvalue weighted by atomic mass is 32.1. The summed E-state index contributed by atoms with van der Waals surface area (Å²) in [6.07, 6.45) is 0.769. The monoisotopic (exact) mass is 341 g/mol. The minimum atomic E-state index is -0.770. The summed E-state index contributed by atoms with van der Waals surface area (Å²) < 4.78 is 5.23. The molecule has 3 rings (SSSR count). The molecule has 4 nitrogen and oxygen atoms in total. The lowest BCUT2D eigenvalue weighted by molar-refractivity contribution is 0.0950. The molecular formula is C19H19NO3S. The molecule has 1 unspecified atom stereocenters. The molecule has 5 heteroatoms. The van der Waals surface area contributed by atoms with Crippen LogP contribution < -0.4 is 5.32 Å². The highest BCUT2D eigenvalue weighted by molar-refractivity contribution is 7.12. The third kappa shape index (κ3) is 3.58. The molecule has 2 N–H and O–H groups in total. The van der Waals surface area contributed by atoms with Gasteiger partial charge in [-0.1, -0.05) is 17.7 Å². The molecule has 0 saturated carbocycles. The number of nitrogens with one attached hydrogen (secondary N) is 1. The fourth-order valence-electron chi connectivity index (χ4n) is 2.47. The van der Waals surface area contributed by atoms with Gasteiger partial charge in [0.25, 0.3) is 5.91 Å². The Bertz CT molecular complexity index is 836. The maximum atomic E-state index is 12.3. The molecule has 2 aromatic heterocycles. The number of hydrogen-bond donors (Lipinski definition) is 2. The van der Waals surface area contributed by atoms with Gasteiger partial charge in [0.05, 0.1) is 12.8 Å². The van der Waals surface area contributed by atoms with Gasteiger partial charge in [0.1, 0.15) is 11.9 Å². The van der Waals surface area contributed by atoms with E-state index in [1.807, 2.05) is 44.2 Å². The van der Waals surface area contributed by atoms with Crippen molar-refractivity contribution in [2.75, 3.05) is 0 Å². The van der Waals surface area contributed by atoms with E-state index in [0.29, 0.717) is 17.9 Å². The van der Waals surface area contributed by atoms with Crippen LogP contribution >= 0.6 is 11.3 Å². The Hall–Kier alpha value is -2.37. The summed E-state index contributed by atoms with van der Waals surface area (Å²) >= 11 is 1.46. The van der Waals surface area contributed by atoms with Gasteiger partial charge < -0.3 is 14.8 Å². The van der Waals surface area contributed by atoms with Gasteiger partial charge in [-0.3, -0.25) is 4.79 Å². The lowest BCUT2D eigenvalue weighted by Crippen LogP contribution is -2.23. The molecule has 0 radical (unpaired) electrons. The molecule has 0 fully saturated rings. The highest BCUT2D eigenvalue weighted by Gasteiger charge is 2.16. The Morgan fingerprint density at radius 1 is 1.25 bits per heavy atom. The van der Waals surface area contributed by atoms with E-state index in [4.69, 9.17) is 4.42 Å². The molecule has 1 atom stereocenters. The quantitative estimate of drug-likeness (QED) is 0.738. The van der Waals surface area contributed by atoms with Gasteiger partial charge in [-0.2, -0.15) is 0 Å². The molecular weight excluding hydrogens is 322 g/mol. The first kappa shape index (κ1) is 16.5. The number of hydrogen-bond acceptors (Lipinski definition) is 4. The van der Waals surface area contributed by atoms with Crippen LogP contribution in [0.1, 0.15) is 43.1 Å². The first-order chi connectivity index (χ1) is 11.5. The zero-order chi connectivity index (χ0) is 17.1. The van der Waals surface area contributed by atoms with E-state index in [9.17, 15) is 9.90 Å². The fourth-order valence-corrected chi connectivity index (χ4v) is 3.41. The van der Waals surface area contributed by atoms with Gasteiger partial charge in [-0.25, -0.2) is 0 Å². The summed E-state index contributed by atoms with van der Waals surface area (Å²) in [6.45, 7) is 4.33. The van der Waals surface area contributed by atoms with Gasteiger partial charge in [0.15, 0.2) is 0 Å². The number of furan rings is 1. The molecule has 1 aromatic carbocycles. The van der Waals surface area contributed by atoms with Crippen LogP contribution in [0.25, 0.3) is 0 Å². The summed E-state index contributed by atoms with van der Waals surface area (Å²) in [5.74, 6) is 0.431. The van der Waals surface area contributed by atoms with Crippen LogP contribution in [0, 0.1) is 13.8 Å². The van der Waals surface area contributed by atoms with Crippen molar-refractivity contribution in [1.29, 1.82) is 0 Å². The van der Waals surface area contributed by atoms with Gasteiger partial charge >= 0.3 is 0 Å². The van der Waals surface area contributed by atoms with Crippen LogP contribution in [0.3, 0.4) is 0 Å². The molecule has 0 bridgehead atoms. The Labute approximate surface area is 144 Å². The van der Waals surface area contributed by atoms with Gasteiger partial charge in [0.2, 0.25) is 0 Å². The van der Waals surface area contributed by atoms with Crippen molar-refractivity contribution >= 4 is 17.2 Å². The molecule has 2 heterocycles. The smallest absolute Gasteiger partial charge is 0.251 e. The number of aryl methyl sites for hydroxylation is 2. The third-order valence-corrected chi connectivity index (χ3v) is 4.96. The zero-order valence-corrected chi connectivity index (χ0v) is 14.4. The third-order valence-electron chi connectivity index (χ3n) is 3.83. The second kappa shape index (κ2) is 7.03. The van der Waals surface area contributed by atoms with Crippen molar-refractivity contribution in [3.8, 4) is 0 Å². The average Bonchev–Trinajstić information content (AvgIpc) is 3.26. The summed E-state index contributed by atoms with van der Waals surface area (Å²) in [7, 11) is 0. The Morgan fingerprint density at radius 3 is 2.83 bits per heavy atom. The minimum Gasteiger partial charge on any atom is -0.466 e. The van der Waals surface area contributed by atoms with Crippen molar-refractivity contribution in [3.05, 3.63) is 80.9 Å². The lowest BCUT2D eigenvalue weighted by Gasteiger charge is -2.08. The van der Waals surface area contributed by atoms with E-state index < -0.39 is 6.10 Å². The van der Waals surface area contributed by atoms with Crippen molar-refractivity contribution < 1.29 is 14.3 Å². The van der Waals surface area contributed by atoms with Gasteiger partial charge in [0, 0.05) is 15.3 Å². The van der Waals surface area contributed by atoms with E-state index in [1.165, 1.54) is 17.6 Å². The Kier molecular flexibility index (Phi) is 4.83. The van der Waals surface area contributed by atoms with E-state index in [1.54, 1.807) is 12.1 Å². The average molecular weight is 341 g/mol. The molecule has 0 spiro atoms. The first-order valence-corrected chi connectivity index (χ1v) is 8.52. The highest BCUT2D eigenvalue weighted by Crippen LogP contribution is 2.28. The second-order valence-electron chi connectivity index (χ2n) is 5.72. The topological polar surface area (TPSA) is 62.5 Å². The maximum absolute atomic E-state index is 12.3. The van der Waals surface area contributed by atoms with E-state index in [-0.39, 0.29) is 5.91 Å². The van der Waals surface area contributed by atoms with Gasteiger partial charge in [-0.05, 0) is 49.7 Å². The van der Waals surface area contributed by atoms with Crippen LogP contribution in [0.15, 0.2) is 53.1 Å². The van der Waals surface area contributed by atoms with Crippen LogP contribution in [-0.2, 0) is 6.54 Å². The summed E-state index contributed by atoms with van der Waals surface area (Å²) in [5, 5.41) is 13.2. The normalized spacial score (nSPS) is 12.1. The van der Waals surface area contributed by atoms with E-state index in [0.717, 1.165) is 20.9 Å². The van der Waals surface area contributed by atoms with Crippen molar-refractivity contribution in [2.24, 2.45) is 0 Å². The molecule has 124 valence electrons. The molecule has 0 saturated heterocycles. The van der Waals surface area contributed by atoms with E-state index in [2.05, 4.69) is 5.32 Å². The molecule has 0 aliphatic rings. The molecule has 3 aromatic rings. The summed E-state index contributed by atoms with van der Waals surface area (Å²) in [5.41, 5.74) is 2.71. The number of aliphatic hydroxyl groups excluding tert-OH is 1. The number of rotatable bonds is 5. The summed E-state index contributed by atoms with van der Waals surface area (Å²) in [6, 6.07) is 13.1. The van der Waals surface area contributed by atoms with Crippen molar-refractivity contribution in [1.82, 2.24) is 5.32 Å². The first-order valence-electron chi connectivity index (χ1n) is 7.70. The maximum Gasteiger partial charge on any atom is 0.251 e. The standard InChI is InChI=1S/C19H19NO3S/c1-12-5-6-13(2)15(10-12)19(22)20-11-14-7-8-17(24-14)18(21)16-4-3-9-23-16/h3-10,18,21H,11H2,1-2H3,(H,20,22). The second-order valence-corrected chi connectivity index (χ2v) is 6.92. The van der Waals surface area contributed by atoms with E-state index >= 15 is 0 Å². The van der Waals surface area contributed by atoms with Crippen molar-refractivity contribution in [2.45, 2.75) is 26.5 Å². The zero-order valence-electron chi connectivity index (χ0n) is 13.6. The number of benzene rings is 1. The number of carbonyl (C=O) groups excluding carboxylic acids is 1. The minimum absolute atomic E-state index is 0.0854. The number of amides is 1. The molecule has 0 aliphatic carbocycles. The van der Waals surface area contributed by atoms with Gasteiger partial charge in [-0.15, -0.1) is 11.3 Å². The number of aliphatic hydroxyl groups is 1. The number of carbonyl (C=O) groups is 1. The van der Waals surface area contributed by atoms with Crippen molar-refractivity contribution in [3.63, 3.8) is 0 Å². The van der Waals surface area contributed by atoms with Crippen LogP contribution in [-0.4, -0.2) is 11.0 Å². The molecule has 1 amide bonds. The Morgan fingerprint density at radius 2 is 2.08 bits per heavy atom.